The molecule has 4 heteroatoms. The van der Waals surface area contributed by atoms with Gasteiger partial charge in [0.25, 0.3) is 0 Å². The summed E-state index contributed by atoms with van der Waals surface area (Å²) < 4.78 is 0. The van der Waals surface area contributed by atoms with E-state index >= 15 is 0 Å². The first-order valence-corrected chi connectivity index (χ1v) is 6.60. The number of rotatable bonds is 3. The molecule has 1 atom stereocenters. The lowest BCUT2D eigenvalue weighted by molar-refractivity contribution is -0.119. The van der Waals surface area contributed by atoms with E-state index in [4.69, 9.17) is 0 Å². The third-order valence-corrected chi connectivity index (χ3v) is 3.96. The quantitative estimate of drug-likeness (QED) is 0.835. The standard InChI is InChI=1S/C14H15NO2S/c1-9(14(17)15-2)18-13-8-7-12(16)10-5-3-4-6-11(10)13/h3-9,16H,1-2H3,(H,15,17). The van der Waals surface area contributed by atoms with E-state index in [1.54, 1.807) is 13.1 Å². The van der Waals surface area contributed by atoms with E-state index in [1.165, 1.54) is 11.8 Å². The molecule has 0 radical (unpaired) electrons. The van der Waals surface area contributed by atoms with Crippen molar-refractivity contribution in [1.29, 1.82) is 0 Å². The van der Waals surface area contributed by atoms with E-state index in [2.05, 4.69) is 5.32 Å². The van der Waals surface area contributed by atoms with Gasteiger partial charge in [-0.15, -0.1) is 11.8 Å². The predicted octanol–water partition coefficient (Wildman–Crippen LogP) is 2.77. The molecule has 2 aromatic carbocycles. The summed E-state index contributed by atoms with van der Waals surface area (Å²) in [7, 11) is 1.63. The number of hydrogen-bond donors (Lipinski definition) is 2. The molecule has 0 bridgehead atoms. The molecule has 1 amide bonds. The first-order chi connectivity index (χ1) is 8.63. The normalized spacial score (nSPS) is 12.3. The number of nitrogens with one attached hydrogen (secondary N) is 1. The number of phenolic OH excluding ortho intramolecular Hbond substituents is 1. The zero-order valence-corrected chi connectivity index (χ0v) is 11.1. The van der Waals surface area contributed by atoms with Gasteiger partial charge < -0.3 is 10.4 Å². The molecule has 2 rings (SSSR count). The lowest BCUT2D eigenvalue weighted by Crippen LogP contribution is -2.27. The Morgan fingerprint density at radius 2 is 1.89 bits per heavy atom. The van der Waals surface area contributed by atoms with Crippen molar-refractivity contribution < 1.29 is 9.90 Å². The number of carbonyl (C=O) groups is 1. The number of phenols is 1. The molecule has 0 spiro atoms. The Morgan fingerprint density at radius 1 is 1.22 bits per heavy atom. The molecule has 0 saturated carbocycles. The van der Waals surface area contributed by atoms with E-state index in [0.29, 0.717) is 0 Å². The second kappa shape index (κ2) is 5.31. The molecular weight excluding hydrogens is 246 g/mol. The number of aromatic hydroxyl groups is 1. The van der Waals surface area contributed by atoms with Gasteiger partial charge >= 0.3 is 0 Å². The van der Waals surface area contributed by atoms with Gasteiger partial charge in [-0.1, -0.05) is 24.3 Å². The van der Waals surface area contributed by atoms with Crippen LogP contribution in [0.25, 0.3) is 10.8 Å². The fourth-order valence-electron chi connectivity index (χ4n) is 1.81. The van der Waals surface area contributed by atoms with Crippen LogP contribution in [0.4, 0.5) is 0 Å². The molecule has 18 heavy (non-hydrogen) atoms. The van der Waals surface area contributed by atoms with Crippen molar-refractivity contribution in [3.63, 3.8) is 0 Å². The Morgan fingerprint density at radius 3 is 2.56 bits per heavy atom. The van der Waals surface area contributed by atoms with Crippen molar-refractivity contribution in [2.24, 2.45) is 0 Å². The molecule has 0 fully saturated rings. The van der Waals surface area contributed by atoms with Gasteiger partial charge in [-0.2, -0.15) is 0 Å². The van der Waals surface area contributed by atoms with Crippen molar-refractivity contribution in [1.82, 2.24) is 5.32 Å². The summed E-state index contributed by atoms with van der Waals surface area (Å²) >= 11 is 1.49. The van der Waals surface area contributed by atoms with E-state index in [-0.39, 0.29) is 16.9 Å². The van der Waals surface area contributed by atoms with E-state index in [1.807, 2.05) is 37.3 Å². The smallest absolute Gasteiger partial charge is 0.232 e. The Kier molecular flexibility index (Phi) is 3.77. The summed E-state index contributed by atoms with van der Waals surface area (Å²) in [6, 6.07) is 11.2. The maximum Gasteiger partial charge on any atom is 0.232 e. The molecule has 3 nitrogen and oxygen atoms in total. The lowest BCUT2D eigenvalue weighted by Gasteiger charge is -2.12. The summed E-state index contributed by atoms with van der Waals surface area (Å²) in [6.45, 7) is 1.87. The van der Waals surface area contributed by atoms with Crippen LogP contribution in [0.2, 0.25) is 0 Å². The number of benzene rings is 2. The first kappa shape index (κ1) is 12.8. The minimum Gasteiger partial charge on any atom is -0.507 e. The second-order valence-electron chi connectivity index (χ2n) is 4.00. The number of carbonyl (C=O) groups excluding carboxylic acids is 1. The van der Waals surface area contributed by atoms with Crippen molar-refractivity contribution in [2.45, 2.75) is 17.1 Å². The third kappa shape index (κ3) is 2.43. The lowest BCUT2D eigenvalue weighted by atomic mass is 10.1. The van der Waals surface area contributed by atoms with Crippen LogP contribution in [0.3, 0.4) is 0 Å². The molecule has 94 valence electrons. The van der Waals surface area contributed by atoms with Crippen LogP contribution < -0.4 is 5.32 Å². The van der Waals surface area contributed by atoms with Gasteiger partial charge in [0.15, 0.2) is 0 Å². The summed E-state index contributed by atoms with van der Waals surface area (Å²) in [4.78, 5) is 12.5. The topological polar surface area (TPSA) is 49.3 Å². The molecule has 2 N–H and O–H groups in total. The van der Waals surface area contributed by atoms with Crippen LogP contribution in [-0.4, -0.2) is 23.3 Å². The van der Waals surface area contributed by atoms with Crippen LogP contribution in [0.5, 0.6) is 5.75 Å². The largest absolute Gasteiger partial charge is 0.507 e. The average molecular weight is 261 g/mol. The van der Waals surface area contributed by atoms with Gasteiger partial charge in [0.05, 0.1) is 5.25 Å². The van der Waals surface area contributed by atoms with Gasteiger partial charge in [0, 0.05) is 17.3 Å². The number of hydrogen-bond acceptors (Lipinski definition) is 3. The van der Waals surface area contributed by atoms with Gasteiger partial charge in [-0.3, -0.25) is 4.79 Å². The third-order valence-electron chi connectivity index (χ3n) is 2.78. The van der Waals surface area contributed by atoms with Gasteiger partial charge in [0.1, 0.15) is 5.75 Å². The monoisotopic (exact) mass is 261 g/mol. The zero-order chi connectivity index (χ0) is 13.1. The molecule has 0 aromatic heterocycles. The molecular formula is C14H15NO2S. The summed E-state index contributed by atoms with van der Waals surface area (Å²) in [5.74, 6) is 0.264. The maximum absolute atomic E-state index is 11.5. The predicted molar refractivity (Wildman–Crippen MR) is 75.0 cm³/mol. The molecule has 0 saturated heterocycles. The van der Waals surface area contributed by atoms with E-state index in [0.717, 1.165) is 15.7 Å². The summed E-state index contributed by atoms with van der Waals surface area (Å²) in [5, 5.41) is 14.1. The summed E-state index contributed by atoms with van der Waals surface area (Å²) in [6.07, 6.45) is 0. The van der Waals surface area contributed by atoms with Crippen LogP contribution in [0.15, 0.2) is 41.3 Å². The minimum absolute atomic E-state index is 0.00263. The van der Waals surface area contributed by atoms with Gasteiger partial charge in [-0.05, 0) is 24.4 Å². The maximum atomic E-state index is 11.5. The number of fused-ring (bicyclic) bond motifs is 1. The highest BCUT2D eigenvalue weighted by molar-refractivity contribution is 8.00. The first-order valence-electron chi connectivity index (χ1n) is 5.72. The highest BCUT2D eigenvalue weighted by Crippen LogP contribution is 2.35. The Labute approximate surface area is 110 Å². The zero-order valence-electron chi connectivity index (χ0n) is 10.3. The second-order valence-corrected chi connectivity index (χ2v) is 5.39. The van der Waals surface area contributed by atoms with Crippen molar-refractivity contribution in [2.75, 3.05) is 7.05 Å². The van der Waals surface area contributed by atoms with Crippen LogP contribution >= 0.6 is 11.8 Å². The molecule has 0 aliphatic rings. The molecule has 0 aliphatic heterocycles. The molecule has 2 aromatic rings. The highest BCUT2D eigenvalue weighted by atomic mass is 32.2. The van der Waals surface area contributed by atoms with E-state index in [9.17, 15) is 9.90 Å². The SMILES string of the molecule is CNC(=O)C(C)Sc1ccc(O)c2ccccc12. The Balaban J connectivity index is 2.40. The van der Waals surface area contributed by atoms with Crippen LogP contribution in [0.1, 0.15) is 6.92 Å². The fraction of sp³-hybridized carbons (Fsp3) is 0.214. The minimum atomic E-state index is -0.164. The highest BCUT2D eigenvalue weighted by Gasteiger charge is 2.14. The average Bonchev–Trinajstić information content (AvgIpc) is 2.41. The molecule has 0 heterocycles. The molecule has 0 aliphatic carbocycles. The fourth-order valence-corrected chi connectivity index (χ4v) is 2.86. The number of amides is 1. The Bertz CT molecular complexity index is 583. The van der Waals surface area contributed by atoms with Crippen LogP contribution in [0, 0.1) is 0 Å². The summed E-state index contributed by atoms with van der Waals surface area (Å²) in [5.41, 5.74) is 0. The van der Waals surface area contributed by atoms with Crippen LogP contribution in [-0.2, 0) is 4.79 Å². The van der Waals surface area contributed by atoms with Gasteiger partial charge in [0.2, 0.25) is 5.91 Å². The Hall–Kier alpha value is -1.68. The van der Waals surface area contributed by atoms with Crippen molar-refractivity contribution >= 4 is 28.4 Å². The van der Waals surface area contributed by atoms with Crippen molar-refractivity contribution in [3.05, 3.63) is 36.4 Å². The number of thioether (sulfide) groups is 1. The van der Waals surface area contributed by atoms with E-state index < -0.39 is 0 Å². The van der Waals surface area contributed by atoms with Crippen molar-refractivity contribution in [3.8, 4) is 5.75 Å². The van der Waals surface area contributed by atoms with Gasteiger partial charge in [-0.25, -0.2) is 0 Å². The molecule has 1 unspecified atom stereocenters.